The highest BCUT2D eigenvalue weighted by Crippen LogP contribution is 2.28. The van der Waals surface area contributed by atoms with E-state index in [2.05, 4.69) is 21.2 Å². The SMILES string of the molecule is CC(C)C(C)(CN)NC(=O)C1CC(=O)N(c2cccc(Br)c2)C1.Cl. The summed E-state index contributed by atoms with van der Waals surface area (Å²) in [5, 5.41) is 3.04. The summed E-state index contributed by atoms with van der Waals surface area (Å²) in [6.07, 6.45) is 0.233. The molecule has 1 aliphatic heterocycles. The number of carbonyl (C=O) groups excluding carboxylic acids is 2. The molecule has 0 bridgehead atoms. The van der Waals surface area contributed by atoms with Gasteiger partial charge in [-0.3, -0.25) is 9.59 Å². The van der Waals surface area contributed by atoms with Crippen LogP contribution >= 0.6 is 28.3 Å². The van der Waals surface area contributed by atoms with Crippen LogP contribution in [0.5, 0.6) is 0 Å². The Morgan fingerprint density at radius 2 is 2.17 bits per heavy atom. The van der Waals surface area contributed by atoms with Crippen molar-refractivity contribution in [1.29, 1.82) is 0 Å². The Labute approximate surface area is 157 Å². The fourth-order valence-corrected chi connectivity index (χ4v) is 2.98. The molecule has 1 heterocycles. The van der Waals surface area contributed by atoms with E-state index >= 15 is 0 Å². The molecule has 1 aromatic rings. The predicted octanol–water partition coefficient (Wildman–Crippen LogP) is 2.71. The average Bonchev–Trinajstić information content (AvgIpc) is 2.89. The van der Waals surface area contributed by atoms with Gasteiger partial charge in [0, 0.05) is 29.7 Å². The second kappa shape index (κ2) is 8.32. The molecule has 0 aromatic heterocycles. The fourth-order valence-electron chi connectivity index (χ4n) is 2.59. The summed E-state index contributed by atoms with van der Waals surface area (Å²) in [6, 6.07) is 7.55. The summed E-state index contributed by atoms with van der Waals surface area (Å²) in [5.41, 5.74) is 6.18. The molecular weight excluding hydrogens is 394 g/mol. The van der Waals surface area contributed by atoms with Crippen molar-refractivity contribution in [2.75, 3.05) is 18.0 Å². The number of hydrogen-bond donors (Lipinski definition) is 2. The average molecular weight is 419 g/mol. The Balaban J connectivity index is 0.00000288. The normalized spacial score (nSPS) is 19.8. The highest BCUT2D eigenvalue weighted by Gasteiger charge is 2.38. The molecule has 1 aliphatic rings. The van der Waals surface area contributed by atoms with E-state index in [1.807, 2.05) is 45.0 Å². The lowest BCUT2D eigenvalue weighted by atomic mass is 9.87. The zero-order valence-corrected chi connectivity index (χ0v) is 16.6. The van der Waals surface area contributed by atoms with Crippen LogP contribution in [-0.4, -0.2) is 30.4 Å². The van der Waals surface area contributed by atoms with Crippen LogP contribution in [0.15, 0.2) is 28.7 Å². The van der Waals surface area contributed by atoms with Gasteiger partial charge in [0.2, 0.25) is 11.8 Å². The molecule has 0 aliphatic carbocycles. The largest absolute Gasteiger partial charge is 0.349 e. The standard InChI is InChI=1S/C17H24BrN3O2.ClH/c1-11(2)17(3,10-19)20-16(23)12-7-15(22)21(9-12)14-6-4-5-13(18)8-14;/h4-6,8,11-12H,7,9-10,19H2,1-3H3,(H,20,23);1H. The Bertz CT molecular complexity index is 611. The maximum atomic E-state index is 12.6. The number of benzene rings is 1. The zero-order valence-electron chi connectivity index (χ0n) is 14.2. The monoisotopic (exact) mass is 417 g/mol. The summed E-state index contributed by atoms with van der Waals surface area (Å²) in [7, 11) is 0. The highest BCUT2D eigenvalue weighted by molar-refractivity contribution is 9.10. The van der Waals surface area contributed by atoms with Crippen molar-refractivity contribution in [3.63, 3.8) is 0 Å². The van der Waals surface area contributed by atoms with Gasteiger partial charge in [-0.15, -0.1) is 12.4 Å². The van der Waals surface area contributed by atoms with E-state index in [9.17, 15) is 9.59 Å². The summed E-state index contributed by atoms with van der Waals surface area (Å²) >= 11 is 3.41. The minimum atomic E-state index is -0.455. The maximum Gasteiger partial charge on any atom is 0.227 e. The fraction of sp³-hybridized carbons (Fsp3) is 0.529. The Morgan fingerprint density at radius 1 is 1.50 bits per heavy atom. The van der Waals surface area contributed by atoms with Crippen molar-refractivity contribution in [3.8, 4) is 0 Å². The third kappa shape index (κ3) is 4.49. The van der Waals surface area contributed by atoms with Crippen LogP contribution in [0.3, 0.4) is 0 Å². The van der Waals surface area contributed by atoms with Crippen molar-refractivity contribution in [2.24, 2.45) is 17.6 Å². The van der Waals surface area contributed by atoms with Crippen LogP contribution < -0.4 is 16.0 Å². The highest BCUT2D eigenvalue weighted by atomic mass is 79.9. The van der Waals surface area contributed by atoms with E-state index in [4.69, 9.17) is 5.73 Å². The van der Waals surface area contributed by atoms with Crippen LogP contribution in [0.4, 0.5) is 5.69 Å². The Morgan fingerprint density at radius 3 is 2.71 bits per heavy atom. The minimum absolute atomic E-state index is 0. The van der Waals surface area contributed by atoms with E-state index in [1.165, 1.54) is 0 Å². The van der Waals surface area contributed by atoms with Gasteiger partial charge in [-0.25, -0.2) is 0 Å². The molecular formula is C17H25BrClN3O2. The smallest absolute Gasteiger partial charge is 0.227 e. The van der Waals surface area contributed by atoms with Crippen molar-refractivity contribution in [2.45, 2.75) is 32.7 Å². The van der Waals surface area contributed by atoms with Crippen LogP contribution in [0.2, 0.25) is 0 Å². The topological polar surface area (TPSA) is 75.4 Å². The molecule has 3 N–H and O–H groups in total. The number of hydrogen-bond acceptors (Lipinski definition) is 3. The molecule has 7 heteroatoms. The summed E-state index contributed by atoms with van der Waals surface area (Å²) in [5.74, 6) is -0.249. The van der Waals surface area contributed by atoms with Gasteiger partial charge in [-0.05, 0) is 31.0 Å². The van der Waals surface area contributed by atoms with E-state index in [-0.39, 0.29) is 42.5 Å². The zero-order chi connectivity index (χ0) is 17.2. The summed E-state index contributed by atoms with van der Waals surface area (Å²) < 4.78 is 0.909. The number of nitrogens with two attached hydrogens (primary N) is 1. The van der Waals surface area contributed by atoms with Gasteiger partial charge in [-0.1, -0.05) is 35.8 Å². The molecule has 0 radical (unpaired) electrons. The molecule has 2 atom stereocenters. The molecule has 0 spiro atoms. The molecule has 0 saturated carbocycles. The quantitative estimate of drug-likeness (QED) is 0.772. The number of rotatable bonds is 5. The second-order valence-corrected chi connectivity index (χ2v) is 7.57. The van der Waals surface area contributed by atoms with Gasteiger partial charge < -0.3 is 16.0 Å². The molecule has 5 nitrogen and oxygen atoms in total. The van der Waals surface area contributed by atoms with Crippen molar-refractivity contribution < 1.29 is 9.59 Å². The van der Waals surface area contributed by atoms with Gasteiger partial charge >= 0.3 is 0 Å². The molecule has 1 saturated heterocycles. The molecule has 2 rings (SSSR count). The number of anilines is 1. The van der Waals surface area contributed by atoms with E-state index in [0.717, 1.165) is 10.2 Å². The van der Waals surface area contributed by atoms with E-state index < -0.39 is 5.54 Å². The van der Waals surface area contributed by atoms with Crippen LogP contribution in [0, 0.1) is 11.8 Å². The van der Waals surface area contributed by atoms with Crippen LogP contribution in [0.25, 0.3) is 0 Å². The second-order valence-electron chi connectivity index (χ2n) is 6.65. The van der Waals surface area contributed by atoms with E-state index in [1.54, 1.807) is 4.90 Å². The van der Waals surface area contributed by atoms with Gasteiger partial charge in [0.25, 0.3) is 0 Å². The minimum Gasteiger partial charge on any atom is -0.349 e. The first-order chi connectivity index (χ1) is 10.8. The number of amides is 2. The molecule has 134 valence electrons. The molecule has 2 unspecified atom stereocenters. The Hall–Kier alpha value is -1.11. The van der Waals surface area contributed by atoms with Gasteiger partial charge in [0.15, 0.2) is 0 Å². The number of nitrogens with one attached hydrogen (secondary N) is 1. The maximum absolute atomic E-state index is 12.6. The van der Waals surface area contributed by atoms with Crippen LogP contribution in [0.1, 0.15) is 27.2 Å². The lowest BCUT2D eigenvalue weighted by Gasteiger charge is -2.34. The number of halogens is 2. The first-order valence-corrected chi connectivity index (χ1v) is 8.64. The predicted molar refractivity (Wildman–Crippen MR) is 102 cm³/mol. The van der Waals surface area contributed by atoms with E-state index in [0.29, 0.717) is 13.1 Å². The van der Waals surface area contributed by atoms with Gasteiger partial charge in [0.05, 0.1) is 11.5 Å². The summed E-state index contributed by atoms with van der Waals surface area (Å²) in [4.78, 5) is 26.5. The first-order valence-electron chi connectivity index (χ1n) is 7.85. The molecule has 2 amide bonds. The lowest BCUT2D eigenvalue weighted by molar-refractivity contribution is -0.128. The lowest BCUT2D eigenvalue weighted by Crippen LogP contribution is -2.56. The van der Waals surface area contributed by atoms with Gasteiger partial charge in [0.1, 0.15) is 0 Å². The molecule has 1 aromatic carbocycles. The third-order valence-corrected chi connectivity index (χ3v) is 5.22. The summed E-state index contributed by atoms with van der Waals surface area (Å²) in [6.45, 7) is 6.77. The number of nitrogens with zero attached hydrogens (tertiary/aromatic N) is 1. The third-order valence-electron chi connectivity index (χ3n) is 4.72. The van der Waals surface area contributed by atoms with Gasteiger partial charge in [-0.2, -0.15) is 0 Å². The Kier molecular flexibility index (Phi) is 7.25. The first kappa shape index (κ1) is 20.9. The molecule has 24 heavy (non-hydrogen) atoms. The van der Waals surface area contributed by atoms with Crippen molar-refractivity contribution in [3.05, 3.63) is 28.7 Å². The van der Waals surface area contributed by atoms with Crippen molar-refractivity contribution in [1.82, 2.24) is 5.32 Å². The van der Waals surface area contributed by atoms with Crippen molar-refractivity contribution >= 4 is 45.8 Å². The molecule has 1 fully saturated rings. The number of carbonyl (C=O) groups is 2. The van der Waals surface area contributed by atoms with Crippen LogP contribution in [-0.2, 0) is 9.59 Å².